The largest absolute Gasteiger partial charge is 0.492 e. The van der Waals surface area contributed by atoms with Crippen molar-refractivity contribution in [3.05, 3.63) is 36.4 Å². The Labute approximate surface area is 140 Å². The van der Waals surface area contributed by atoms with Crippen LogP contribution < -0.4 is 0 Å². The van der Waals surface area contributed by atoms with E-state index in [2.05, 4.69) is 20.2 Å². The first-order valence-electron chi connectivity index (χ1n) is 7.29. The molecule has 0 atom stereocenters. The van der Waals surface area contributed by atoms with Crippen LogP contribution in [0.4, 0.5) is 0 Å². The quantitative estimate of drug-likeness (QED) is 0.569. The number of carboxylic acid groups (broad SMARTS) is 1. The minimum Gasteiger partial charge on any atom is -0.492 e. The smallest absolute Gasteiger partial charge is 0.338 e. The zero-order valence-corrected chi connectivity index (χ0v) is 13.3. The molecule has 0 aliphatic carbocycles. The van der Waals surface area contributed by atoms with Crippen molar-refractivity contribution in [1.29, 1.82) is 0 Å². The molecule has 2 N–H and O–H groups in total. The third-order valence-electron chi connectivity index (χ3n) is 3.84. The van der Waals surface area contributed by atoms with E-state index in [1.807, 2.05) is 0 Å². The van der Waals surface area contributed by atoms with Crippen LogP contribution in [0.1, 0.15) is 10.4 Å². The molecule has 25 heavy (non-hydrogen) atoms. The number of aromatic hydroxyl groups is 1. The third kappa shape index (κ3) is 2.23. The first-order chi connectivity index (χ1) is 12.0. The van der Waals surface area contributed by atoms with Crippen LogP contribution in [0, 0.1) is 0 Å². The molecule has 0 aliphatic rings. The lowest BCUT2D eigenvalue weighted by Crippen LogP contribution is -2.04. The molecule has 0 aliphatic heterocycles. The Bertz CT molecular complexity index is 1120. The Morgan fingerprint density at radius 1 is 1.20 bits per heavy atom. The maximum atomic E-state index is 11.8. The molecular formula is C15H13N7O3. The molecule has 10 nitrogen and oxygen atoms in total. The fraction of sp³-hybridized carbons (Fsp3) is 0.133. The molecule has 4 aromatic heterocycles. The molecule has 0 unspecified atom stereocenters. The van der Waals surface area contributed by atoms with Crippen molar-refractivity contribution < 1.29 is 15.0 Å². The maximum absolute atomic E-state index is 11.8. The summed E-state index contributed by atoms with van der Waals surface area (Å²) >= 11 is 0. The predicted octanol–water partition coefficient (Wildman–Crippen LogP) is 0.934. The summed E-state index contributed by atoms with van der Waals surface area (Å²) in [5.41, 5.74) is 0.701. The summed E-state index contributed by atoms with van der Waals surface area (Å²) in [5, 5.41) is 28.5. The summed E-state index contributed by atoms with van der Waals surface area (Å²) < 4.78 is 4.55. The molecule has 0 aromatic carbocycles. The first kappa shape index (κ1) is 14.9. The zero-order valence-electron chi connectivity index (χ0n) is 13.3. The number of rotatable bonds is 3. The fourth-order valence-corrected chi connectivity index (χ4v) is 2.71. The maximum Gasteiger partial charge on any atom is 0.338 e. The minimum absolute atomic E-state index is 0.00566. The molecule has 0 saturated heterocycles. The summed E-state index contributed by atoms with van der Waals surface area (Å²) in [4.78, 5) is 19.9. The topological polar surface area (TPSA) is 123 Å². The number of aromatic nitrogens is 7. The number of hydrogen-bond donors (Lipinski definition) is 2. The minimum atomic E-state index is -1.20. The van der Waals surface area contributed by atoms with Crippen LogP contribution in [0.2, 0.25) is 0 Å². The summed E-state index contributed by atoms with van der Waals surface area (Å²) in [7, 11) is 3.50. The van der Waals surface area contributed by atoms with Crippen LogP contribution in [-0.2, 0) is 14.1 Å². The zero-order chi connectivity index (χ0) is 17.7. The van der Waals surface area contributed by atoms with E-state index in [1.165, 1.54) is 10.7 Å². The number of nitrogens with zero attached hydrogens (tertiary/aromatic N) is 7. The van der Waals surface area contributed by atoms with Crippen LogP contribution in [0.15, 0.2) is 30.9 Å². The molecule has 0 amide bonds. The number of imidazole rings is 1. The van der Waals surface area contributed by atoms with Gasteiger partial charge in [0.15, 0.2) is 5.82 Å². The van der Waals surface area contributed by atoms with Gasteiger partial charge in [0, 0.05) is 44.4 Å². The Morgan fingerprint density at radius 3 is 2.60 bits per heavy atom. The lowest BCUT2D eigenvalue weighted by molar-refractivity contribution is 0.0699. The standard InChI is InChI=1S/C15H13N7O3/c1-20-6-4-16-13(20)12-17-14(23)11-10(15(24)25)8(7-22(11)19-12)9-3-5-21(2)18-9/h3-7H,1-2H3,(H,24,25)(H,17,19,23). The normalized spacial score (nSPS) is 11.3. The van der Waals surface area contributed by atoms with Crippen molar-refractivity contribution in [1.82, 2.24) is 33.9 Å². The van der Waals surface area contributed by atoms with Crippen molar-refractivity contribution in [2.24, 2.45) is 14.1 Å². The van der Waals surface area contributed by atoms with Gasteiger partial charge in [0.25, 0.3) is 0 Å². The van der Waals surface area contributed by atoms with E-state index in [0.29, 0.717) is 17.1 Å². The number of fused-ring (bicyclic) bond motifs is 1. The molecule has 0 spiro atoms. The Balaban J connectivity index is 2.02. The van der Waals surface area contributed by atoms with E-state index in [0.717, 1.165) is 0 Å². The lowest BCUT2D eigenvalue weighted by atomic mass is 10.1. The first-order valence-corrected chi connectivity index (χ1v) is 7.29. The van der Waals surface area contributed by atoms with Gasteiger partial charge in [-0.05, 0) is 6.07 Å². The molecule has 0 radical (unpaired) electrons. The average Bonchev–Trinajstić information content (AvgIpc) is 3.24. The fourth-order valence-electron chi connectivity index (χ4n) is 2.71. The second-order valence-corrected chi connectivity index (χ2v) is 5.51. The second-order valence-electron chi connectivity index (χ2n) is 5.51. The van der Waals surface area contributed by atoms with Gasteiger partial charge < -0.3 is 14.8 Å². The van der Waals surface area contributed by atoms with Crippen molar-refractivity contribution in [3.8, 4) is 28.8 Å². The number of aryl methyl sites for hydroxylation is 2. The lowest BCUT2D eigenvalue weighted by Gasteiger charge is -2.03. The highest BCUT2D eigenvalue weighted by molar-refractivity contribution is 6.04. The van der Waals surface area contributed by atoms with Gasteiger partial charge in [-0.25, -0.2) is 14.3 Å². The van der Waals surface area contributed by atoms with E-state index in [1.54, 1.807) is 48.0 Å². The van der Waals surface area contributed by atoms with E-state index in [9.17, 15) is 15.0 Å². The van der Waals surface area contributed by atoms with Crippen LogP contribution in [0.3, 0.4) is 0 Å². The Morgan fingerprint density at radius 2 is 2.00 bits per heavy atom. The Kier molecular flexibility index (Phi) is 3.07. The van der Waals surface area contributed by atoms with Crippen molar-refractivity contribution >= 4 is 11.5 Å². The Hall–Kier alpha value is -3.69. The average molecular weight is 339 g/mol. The SMILES string of the molecule is Cn1ccc(-c2cn3nc(-c4nccn4C)nc(O)c3c2C(=O)O)n1. The van der Waals surface area contributed by atoms with Gasteiger partial charge in [0.2, 0.25) is 11.7 Å². The molecular weight excluding hydrogens is 326 g/mol. The monoisotopic (exact) mass is 339 g/mol. The molecule has 4 heterocycles. The molecule has 4 aromatic rings. The van der Waals surface area contributed by atoms with Gasteiger partial charge in [-0.15, -0.1) is 5.10 Å². The summed E-state index contributed by atoms with van der Waals surface area (Å²) in [6, 6.07) is 1.69. The van der Waals surface area contributed by atoms with Crippen LogP contribution in [0.5, 0.6) is 5.88 Å². The van der Waals surface area contributed by atoms with E-state index >= 15 is 0 Å². The van der Waals surface area contributed by atoms with Gasteiger partial charge in [-0.2, -0.15) is 10.1 Å². The summed E-state index contributed by atoms with van der Waals surface area (Å²) in [6.45, 7) is 0. The molecule has 0 bridgehead atoms. The molecule has 126 valence electrons. The van der Waals surface area contributed by atoms with Crippen molar-refractivity contribution in [3.63, 3.8) is 0 Å². The van der Waals surface area contributed by atoms with E-state index in [4.69, 9.17) is 0 Å². The van der Waals surface area contributed by atoms with Gasteiger partial charge in [0.05, 0.1) is 5.69 Å². The number of carboxylic acids is 1. The number of aromatic carboxylic acids is 1. The number of hydrogen-bond acceptors (Lipinski definition) is 6. The second kappa shape index (κ2) is 5.16. The molecule has 10 heteroatoms. The van der Waals surface area contributed by atoms with E-state index in [-0.39, 0.29) is 16.9 Å². The van der Waals surface area contributed by atoms with Crippen LogP contribution in [0.25, 0.3) is 28.4 Å². The highest BCUT2D eigenvalue weighted by Crippen LogP contribution is 2.32. The molecule has 4 rings (SSSR count). The van der Waals surface area contributed by atoms with Gasteiger partial charge in [0.1, 0.15) is 11.1 Å². The van der Waals surface area contributed by atoms with Crippen molar-refractivity contribution in [2.75, 3.05) is 0 Å². The number of carbonyl (C=O) groups is 1. The third-order valence-corrected chi connectivity index (χ3v) is 3.84. The van der Waals surface area contributed by atoms with Crippen molar-refractivity contribution in [2.45, 2.75) is 0 Å². The van der Waals surface area contributed by atoms with Crippen LogP contribution in [-0.4, -0.2) is 50.1 Å². The highest BCUT2D eigenvalue weighted by Gasteiger charge is 2.25. The van der Waals surface area contributed by atoms with Gasteiger partial charge in [-0.3, -0.25) is 4.68 Å². The van der Waals surface area contributed by atoms with Crippen LogP contribution >= 0.6 is 0 Å². The van der Waals surface area contributed by atoms with Gasteiger partial charge in [-0.1, -0.05) is 0 Å². The summed E-state index contributed by atoms with van der Waals surface area (Å²) in [5.74, 6) is -1.02. The van der Waals surface area contributed by atoms with Gasteiger partial charge >= 0.3 is 5.97 Å². The molecule has 0 fully saturated rings. The molecule has 0 saturated carbocycles. The summed E-state index contributed by atoms with van der Waals surface area (Å²) in [6.07, 6.45) is 6.51. The predicted molar refractivity (Wildman–Crippen MR) is 86.0 cm³/mol. The van der Waals surface area contributed by atoms with E-state index < -0.39 is 11.8 Å². The highest BCUT2D eigenvalue weighted by atomic mass is 16.4.